The van der Waals surface area contributed by atoms with Gasteiger partial charge in [0, 0.05) is 23.3 Å². The van der Waals surface area contributed by atoms with Crippen LogP contribution in [-0.2, 0) is 4.79 Å². The van der Waals surface area contributed by atoms with Gasteiger partial charge in [-0.25, -0.2) is 0 Å². The highest BCUT2D eigenvalue weighted by molar-refractivity contribution is 7.10. The molecule has 1 aliphatic carbocycles. The van der Waals surface area contributed by atoms with Gasteiger partial charge in [-0.1, -0.05) is 6.07 Å². The van der Waals surface area contributed by atoms with Crippen LogP contribution < -0.4 is 5.32 Å². The molecule has 2 atom stereocenters. The van der Waals surface area contributed by atoms with E-state index in [0.29, 0.717) is 5.92 Å². The summed E-state index contributed by atoms with van der Waals surface area (Å²) in [5.41, 5.74) is 0. The van der Waals surface area contributed by atoms with E-state index in [0.717, 1.165) is 25.9 Å². The van der Waals surface area contributed by atoms with Gasteiger partial charge < -0.3 is 10.2 Å². The fourth-order valence-electron chi connectivity index (χ4n) is 2.04. The number of rotatable bonds is 6. The lowest BCUT2D eigenvalue weighted by atomic mass is 10.2. The molecule has 0 spiro atoms. The van der Waals surface area contributed by atoms with Gasteiger partial charge in [0.1, 0.15) is 0 Å². The lowest BCUT2D eigenvalue weighted by molar-refractivity contribution is -0.122. The molecular formula is C13H20N2OS. The van der Waals surface area contributed by atoms with E-state index >= 15 is 0 Å². The summed E-state index contributed by atoms with van der Waals surface area (Å²) in [5.74, 6) is 0.957. The Kier molecular flexibility index (Phi) is 4.18. The molecule has 1 aromatic heterocycles. The second kappa shape index (κ2) is 5.65. The molecule has 0 saturated heterocycles. The van der Waals surface area contributed by atoms with Crippen LogP contribution in [0.4, 0.5) is 0 Å². The van der Waals surface area contributed by atoms with E-state index in [-0.39, 0.29) is 11.8 Å². The van der Waals surface area contributed by atoms with Crippen LogP contribution in [0.1, 0.15) is 23.6 Å². The summed E-state index contributed by atoms with van der Waals surface area (Å²) < 4.78 is 0. The van der Waals surface area contributed by atoms with Gasteiger partial charge in [0.15, 0.2) is 0 Å². The van der Waals surface area contributed by atoms with Crippen LogP contribution in [-0.4, -0.2) is 38.0 Å². The number of hydrogen-bond acceptors (Lipinski definition) is 3. The molecule has 2 rings (SSSR count). The number of carbonyl (C=O) groups excluding carboxylic acids is 1. The summed E-state index contributed by atoms with van der Waals surface area (Å²) in [6, 6.07) is 4.19. The van der Waals surface area contributed by atoms with Crippen LogP contribution in [0, 0.1) is 5.92 Å². The third-order valence-corrected chi connectivity index (χ3v) is 4.12. The summed E-state index contributed by atoms with van der Waals surface area (Å²) >= 11 is 1.76. The Labute approximate surface area is 107 Å². The first-order valence-electron chi connectivity index (χ1n) is 6.14. The molecule has 0 aromatic carbocycles. The van der Waals surface area contributed by atoms with Gasteiger partial charge in [0.2, 0.25) is 5.91 Å². The van der Waals surface area contributed by atoms with Crippen LogP contribution in [0.15, 0.2) is 17.5 Å². The quantitative estimate of drug-likeness (QED) is 0.785. The maximum absolute atomic E-state index is 11.8. The van der Waals surface area contributed by atoms with Crippen LogP contribution >= 0.6 is 11.3 Å². The van der Waals surface area contributed by atoms with Crippen LogP contribution in [0.5, 0.6) is 0 Å². The maximum atomic E-state index is 11.8. The van der Waals surface area contributed by atoms with Gasteiger partial charge in [0.25, 0.3) is 0 Å². The molecule has 1 heterocycles. The van der Waals surface area contributed by atoms with E-state index in [1.54, 1.807) is 11.3 Å². The highest BCUT2D eigenvalue weighted by atomic mass is 32.1. The lowest BCUT2D eigenvalue weighted by Crippen LogP contribution is -2.28. The Morgan fingerprint density at radius 3 is 3.06 bits per heavy atom. The van der Waals surface area contributed by atoms with Crippen molar-refractivity contribution in [3.63, 3.8) is 0 Å². The Balaban J connectivity index is 1.66. The number of nitrogens with zero attached hydrogens (tertiary/aromatic N) is 1. The molecule has 1 saturated carbocycles. The highest BCUT2D eigenvalue weighted by Gasteiger charge is 2.44. The zero-order chi connectivity index (χ0) is 12.3. The Morgan fingerprint density at radius 1 is 1.59 bits per heavy atom. The van der Waals surface area contributed by atoms with E-state index in [1.165, 1.54) is 4.88 Å². The monoisotopic (exact) mass is 252 g/mol. The number of thiophene rings is 1. The average molecular weight is 252 g/mol. The average Bonchev–Trinajstić information content (AvgIpc) is 2.91. The van der Waals surface area contributed by atoms with Crippen molar-refractivity contribution in [3.05, 3.63) is 22.4 Å². The summed E-state index contributed by atoms with van der Waals surface area (Å²) in [7, 11) is 4.10. The van der Waals surface area contributed by atoms with E-state index in [4.69, 9.17) is 0 Å². The summed E-state index contributed by atoms with van der Waals surface area (Å²) in [4.78, 5) is 15.3. The standard InChI is InChI=1S/C13H20N2OS/c1-15(2)7-4-6-14-13(16)11-9-10(11)12-5-3-8-17-12/h3,5,8,10-11H,4,6-7,9H2,1-2H3,(H,14,16). The van der Waals surface area contributed by atoms with E-state index < -0.39 is 0 Å². The van der Waals surface area contributed by atoms with Crippen molar-refractivity contribution in [2.45, 2.75) is 18.8 Å². The van der Waals surface area contributed by atoms with Gasteiger partial charge in [-0.15, -0.1) is 11.3 Å². The minimum atomic E-state index is 0.230. The van der Waals surface area contributed by atoms with Crippen molar-refractivity contribution in [3.8, 4) is 0 Å². The molecule has 17 heavy (non-hydrogen) atoms. The Morgan fingerprint density at radius 2 is 2.41 bits per heavy atom. The molecule has 94 valence electrons. The van der Waals surface area contributed by atoms with Crippen LogP contribution in [0.3, 0.4) is 0 Å². The van der Waals surface area contributed by atoms with Gasteiger partial charge in [-0.3, -0.25) is 4.79 Å². The predicted molar refractivity (Wildman–Crippen MR) is 71.3 cm³/mol. The molecule has 3 nitrogen and oxygen atoms in total. The van der Waals surface area contributed by atoms with Crippen molar-refractivity contribution in [2.24, 2.45) is 5.92 Å². The van der Waals surface area contributed by atoms with Crippen molar-refractivity contribution < 1.29 is 4.79 Å². The fourth-order valence-corrected chi connectivity index (χ4v) is 2.95. The molecule has 1 fully saturated rings. The molecule has 0 bridgehead atoms. The SMILES string of the molecule is CN(C)CCCNC(=O)C1CC1c1cccs1. The third kappa shape index (κ3) is 3.54. The number of amides is 1. The largest absolute Gasteiger partial charge is 0.356 e. The normalized spacial score (nSPS) is 22.8. The number of nitrogens with one attached hydrogen (secondary N) is 1. The lowest BCUT2D eigenvalue weighted by Gasteiger charge is -2.09. The fraction of sp³-hybridized carbons (Fsp3) is 0.615. The van der Waals surface area contributed by atoms with Gasteiger partial charge in [-0.2, -0.15) is 0 Å². The van der Waals surface area contributed by atoms with Crippen molar-refractivity contribution >= 4 is 17.2 Å². The van der Waals surface area contributed by atoms with Crippen molar-refractivity contribution in [2.75, 3.05) is 27.2 Å². The first kappa shape index (κ1) is 12.6. The zero-order valence-electron chi connectivity index (χ0n) is 10.5. The Bertz CT molecular complexity index is 362. The summed E-state index contributed by atoms with van der Waals surface area (Å²) in [5, 5.41) is 5.11. The van der Waals surface area contributed by atoms with Crippen LogP contribution in [0.2, 0.25) is 0 Å². The smallest absolute Gasteiger partial charge is 0.223 e. The van der Waals surface area contributed by atoms with Crippen molar-refractivity contribution in [1.82, 2.24) is 10.2 Å². The van der Waals surface area contributed by atoms with Crippen molar-refractivity contribution in [1.29, 1.82) is 0 Å². The van der Waals surface area contributed by atoms with E-state index in [2.05, 4.69) is 41.8 Å². The molecule has 1 N–H and O–H groups in total. The summed E-state index contributed by atoms with van der Waals surface area (Å²) in [6.07, 6.45) is 2.05. The van der Waals surface area contributed by atoms with E-state index in [1.807, 2.05) is 0 Å². The maximum Gasteiger partial charge on any atom is 0.223 e. The molecule has 1 amide bonds. The third-order valence-electron chi connectivity index (χ3n) is 3.12. The zero-order valence-corrected chi connectivity index (χ0v) is 11.3. The molecular weight excluding hydrogens is 232 g/mol. The summed E-state index contributed by atoms with van der Waals surface area (Å²) in [6.45, 7) is 1.82. The second-order valence-electron chi connectivity index (χ2n) is 4.91. The first-order chi connectivity index (χ1) is 8.18. The first-order valence-corrected chi connectivity index (χ1v) is 7.02. The van der Waals surface area contributed by atoms with Crippen LogP contribution in [0.25, 0.3) is 0 Å². The Hall–Kier alpha value is -0.870. The predicted octanol–water partition coefficient (Wildman–Crippen LogP) is 1.92. The highest BCUT2D eigenvalue weighted by Crippen LogP contribution is 2.49. The molecule has 4 heteroatoms. The molecule has 0 aliphatic heterocycles. The van der Waals surface area contributed by atoms with Gasteiger partial charge in [0.05, 0.1) is 0 Å². The van der Waals surface area contributed by atoms with Gasteiger partial charge in [-0.05, 0) is 44.9 Å². The minimum absolute atomic E-state index is 0.230. The second-order valence-corrected chi connectivity index (χ2v) is 5.89. The molecule has 2 unspecified atom stereocenters. The molecule has 1 aliphatic rings. The van der Waals surface area contributed by atoms with E-state index in [9.17, 15) is 4.79 Å². The number of hydrogen-bond donors (Lipinski definition) is 1. The minimum Gasteiger partial charge on any atom is -0.356 e. The molecule has 0 radical (unpaired) electrons. The number of carbonyl (C=O) groups is 1. The topological polar surface area (TPSA) is 32.3 Å². The van der Waals surface area contributed by atoms with Gasteiger partial charge >= 0.3 is 0 Å². The molecule has 1 aromatic rings.